The molecule has 1 unspecified atom stereocenters. The van der Waals surface area contributed by atoms with Crippen molar-refractivity contribution in [2.45, 2.75) is 83.9 Å². The Morgan fingerprint density at radius 3 is 2.31 bits per heavy atom. The molecule has 12 nitrogen and oxygen atoms in total. The van der Waals surface area contributed by atoms with Crippen LogP contribution >= 0.6 is 0 Å². The largest absolute Gasteiger partial charge is 0.391 e. The number of urea groups is 1. The number of ketones is 1. The number of carbonyl (C=O) groups is 6. The number of aliphatic hydroxyl groups excluding tert-OH is 1. The van der Waals surface area contributed by atoms with E-state index in [9.17, 15) is 33.9 Å². The van der Waals surface area contributed by atoms with Crippen LogP contribution in [0.25, 0.3) is 0 Å². The van der Waals surface area contributed by atoms with Gasteiger partial charge in [0.1, 0.15) is 6.04 Å². The lowest BCUT2D eigenvalue weighted by atomic mass is 9.91. The Bertz CT molecular complexity index is 846. The van der Waals surface area contributed by atoms with Crippen LogP contribution in [0.4, 0.5) is 4.79 Å². The molecular formula is C24H39N5O7. The first kappa shape index (κ1) is 29.0. The number of nitrogens with zero attached hydrogens (tertiary/aromatic N) is 1. The van der Waals surface area contributed by atoms with E-state index in [2.05, 4.69) is 16.0 Å². The number of hydrogen-bond donors (Lipinski definition) is 5. The number of primary amides is 1. The van der Waals surface area contributed by atoms with Crippen LogP contribution in [0.1, 0.15) is 67.1 Å². The van der Waals surface area contributed by atoms with E-state index in [1.165, 1.54) is 19.1 Å². The van der Waals surface area contributed by atoms with Gasteiger partial charge in [0.15, 0.2) is 5.78 Å². The van der Waals surface area contributed by atoms with Gasteiger partial charge in [-0.15, -0.1) is 0 Å². The summed E-state index contributed by atoms with van der Waals surface area (Å²) in [4.78, 5) is 73.1. The average molecular weight is 511 g/mol. The lowest BCUT2D eigenvalue weighted by Gasteiger charge is -2.24. The van der Waals surface area contributed by atoms with E-state index in [0.29, 0.717) is 25.7 Å². The minimum atomic E-state index is -1.20. The van der Waals surface area contributed by atoms with E-state index in [0.717, 1.165) is 4.90 Å². The SMILES string of the molecule is [2H]C[C@@H](C)NC(=O)C(CCCNC(N)=O)CC(=O)[C@@H](NC(=O)CCCCCN1C(=O)C=CC1=O)[C@@H](C)O. The summed E-state index contributed by atoms with van der Waals surface area (Å²) in [7, 11) is 0. The highest BCUT2D eigenvalue weighted by atomic mass is 16.3. The average Bonchev–Trinajstić information content (AvgIpc) is 3.15. The summed E-state index contributed by atoms with van der Waals surface area (Å²) in [5.74, 6) is -2.86. The summed E-state index contributed by atoms with van der Waals surface area (Å²) in [5.41, 5.74) is 5.04. The maximum Gasteiger partial charge on any atom is 0.312 e. The van der Waals surface area contributed by atoms with Crippen molar-refractivity contribution in [1.29, 1.82) is 0 Å². The Balaban J connectivity index is 2.59. The topological polar surface area (TPSA) is 188 Å². The van der Waals surface area contributed by atoms with Gasteiger partial charge in [-0.1, -0.05) is 6.42 Å². The van der Waals surface area contributed by atoms with Crippen molar-refractivity contribution in [3.05, 3.63) is 12.2 Å². The fourth-order valence-corrected chi connectivity index (χ4v) is 3.72. The normalized spacial score (nSPS) is 16.6. The number of rotatable bonds is 17. The molecule has 0 fully saturated rings. The van der Waals surface area contributed by atoms with Crippen LogP contribution in [0, 0.1) is 5.92 Å². The first-order valence-corrected chi connectivity index (χ1v) is 12.1. The highest BCUT2D eigenvalue weighted by molar-refractivity contribution is 6.12. The number of hydrogen-bond acceptors (Lipinski definition) is 7. The second-order valence-corrected chi connectivity index (χ2v) is 8.97. The highest BCUT2D eigenvalue weighted by Gasteiger charge is 2.30. The lowest BCUT2D eigenvalue weighted by molar-refractivity contribution is -0.137. The molecule has 1 rings (SSSR count). The number of nitrogens with one attached hydrogen (secondary N) is 3. The molecule has 0 saturated heterocycles. The summed E-state index contributed by atoms with van der Waals surface area (Å²) in [6, 6.07) is -2.32. The predicted molar refractivity (Wildman–Crippen MR) is 131 cm³/mol. The molecule has 202 valence electrons. The number of imide groups is 1. The van der Waals surface area contributed by atoms with Crippen molar-refractivity contribution in [1.82, 2.24) is 20.9 Å². The number of Topliss-reactive ketones (excluding diaryl/α,β-unsaturated/α-hetero) is 1. The van der Waals surface area contributed by atoms with E-state index in [1.54, 1.807) is 6.92 Å². The van der Waals surface area contributed by atoms with Gasteiger partial charge in [0.25, 0.3) is 11.8 Å². The molecule has 1 heterocycles. The molecule has 0 spiro atoms. The zero-order chi connectivity index (χ0) is 28.0. The van der Waals surface area contributed by atoms with Crippen molar-refractivity contribution in [3.8, 4) is 0 Å². The fraction of sp³-hybridized carbons (Fsp3) is 0.667. The van der Waals surface area contributed by atoms with Gasteiger partial charge >= 0.3 is 6.03 Å². The van der Waals surface area contributed by atoms with E-state index >= 15 is 0 Å². The van der Waals surface area contributed by atoms with Crippen LogP contribution in [-0.4, -0.2) is 76.7 Å². The van der Waals surface area contributed by atoms with Crippen molar-refractivity contribution < 1.29 is 35.2 Å². The Kier molecular flexibility index (Phi) is 12.6. The molecule has 0 bridgehead atoms. The maximum absolute atomic E-state index is 13.0. The standard InChI is InChI=1S/C24H39N5O7/c1-15(2)27-23(35)17(8-7-12-26-24(25)36)14-18(31)22(16(3)30)28-19(32)9-5-4-6-13-29-20(33)10-11-21(29)34/h10-11,15-17,22,30H,4-9,12-14H2,1-3H3,(H,27,35)(H,28,32)(H3,25,26,36)/t16-,17?,22+/m1/s1/i1D/t15-,16+,17?,22-/m0. The molecule has 0 aromatic rings. The Morgan fingerprint density at radius 1 is 1.06 bits per heavy atom. The van der Waals surface area contributed by atoms with E-state index in [4.69, 9.17) is 7.10 Å². The summed E-state index contributed by atoms with van der Waals surface area (Å²) in [5, 5.41) is 17.7. The van der Waals surface area contributed by atoms with Gasteiger partial charge in [0.05, 0.1) is 6.10 Å². The quantitative estimate of drug-likeness (QED) is 0.133. The minimum Gasteiger partial charge on any atom is -0.391 e. The molecular weight excluding hydrogens is 470 g/mol. The molecule has 0 saturated carbocycles. The third kappa shape index (κ3) is 11.4. The van der Waals surface area contributed by atoms with Gasteiger partial charge in [-0.25, -0.2) is 4.79 Å². The second-order valence-electron chi connectivity index (χ2n) is 8.97. The Hall–Kier alpha value is -3.28. The molecule has 6 amide bonds. The third-order valence-electron chi connectivity index (χ3n) is 5.57. The predicted octanol–water partition coefficient (Wildman–Crippen LogP) is -0.114. The summed E-state index contributed by atoms with van der Waals surface area (Å²) >= 11 is 0. The summed E-state index contributed by atoms with van der Waals surface area (Å²) in [6.45, 7) is 3.47. The Morgan fingerprint density at radius 2 is 1.72 bits per heavy atom. The molecule has 12 heteroatoms. The molecule has 1 aliphatic heterocycles. The van der Waals surface area contributed by atoms with Crippen LogP contribution in [0.5, 0.6) is 0 Å². The van der Waals surface area contributed by atoms with E-state index in [1.807, 2.05) is 0 Å². The third-order valence-corrected chi connectivity index (χ3v) is 5.57. The summed E-state index contributed by atoms with van der Waals surface area (Å²) < 4.78 is 7.39. The number of nitrogens with two attached hydrogens (primary N) is 1. The minimum absolute atomic E-state index is 0.0382. The van der Waals surface area contributed by atoms with Gasteiger partial charge in [0, 0.05) is 51.4 Å². The van der Waals surface area contributed by atoms with Crippen molar-refractivity contribution in [2.24, 2.45) is 11.7 Å². The first-order valence-electron chi connectivity index (χ1n) is 12.8. The fourth-order valence-electron chi connectivity index (χ4n) is 3.72. The molecule has 1 aliphatic rings. The highest BCUT2D eigenvalue weighted by Crippen LogP contribution is 2.15. The molecule has 0 aromatic heterocycles. The van der Waals surface area contributed by atoms with Crippen molar-refractivity contribution >= 4 is 35.4 Å². The number of carbonyl (C=O) groups excluding carboxylic acids is 6. The van der Waals surface area contributed by atoms with Crippen molar-refractivity contribution in [3.63, 3.8) is 0 Å². The van der Waals surface area contributed by atoms with Crippen LogP contribution in [0.15, 0.2) is 12.2 Å². The maximum atomic E-state index is 13.0. The smallest absolute Gasteiger partial charge is 0.312 e. The zero-order valence-corrected chi connectivity index (χ0v) is 21.0. The molecule has 6 N–H and O–H groups in total. The van der Waals surface area contributed by atoms with E-state index in [-0.39, 0.29) is 51.1 Å². The zero-order valence-electron chi connectivity index (χ0n) is 22.0. The van der Waals surface area contributed by atoms with Crippen molar-refractivity contribution in [2.75, 3.05) is 13.1 Å². The monoisotopic (exact) mass is 510 g/mol. The molecule has 0 aliphatic carbocycles. The van der Waals surface area contributed by atoms with Gasteiger partial charge in [-0.05, 0) is 46.4 Å². The Labute approximate surface area is 212 Å². The molecule has 4 atom stereocenters. The van der Waals surface area contributed by atoms with E-state index < -0.39 is 47.7 Å². The van der Waals surface area contributed by atoms with Gasteiger partial charge < -0.3 is 26.8 Å². The lowest BCUT2D eigenvalue weighted by Crippen LogP contribution is -2.49. The summed E-state index contributed by atoms with van der Waals surface area (Å²) in [6.07, 6.45) is 3.27. The van der Waals surface area contributed by atoms with Gasteiger partial charge in [-0.2, -0.15) is 0 Å². The molecule has 0 radical (unpaired) electrons. The molecule has 36 heavy (non-hydrogen) atoms. The van der Waals surface area contributed by atoms with Gasteiger partial charge in [0.2, 0.25) is 11.8 Å². The van der Waals surface area contributed by atoms with Gasteiger partial charge in [-0.3, -0.25) is 28.9 Å². The molecule has 0 aromatic carbocycles. The van der Waals surface area contributed by atoms with Crippen LogP contribution < -0.4 is 21.7 Å². The number of amides is 6. The number of aliphatic hydroxyl groups is 1. The van der Waals surface area contributed by atoms with Crippen LogP contribution in [0.3, 0.4) is 0 Å². The number of unbranched alkanes of at least 4 members (excludes halogenated alkanes) is 2. The first-order chi connectivity index (χ1) is 17.5. The second kappa shape index (κ2) is 15.7. The van der Waals surface area contributed by atoms with Crippen LogP contribution in [-0.2, 0) is 24.0 Å². The van der Waals surface area contributed by atoms with Crippen LogP contribution in [0.2, 0.25) is 0 Å².